The molecule has 0 radical (unpaired) electrons. The second-order valence-corrected chi connectivity index (χ2v) is 8.80. The minimum atomic E-state index is -0.709. The SMILES string of the molecule is COc1cccc(CN(C(=O)COc2ccccc2C)C(Cc2ccccc2)C(=O)NC(C)C)c1. The summed E-state index contributed by atoms with van der Waals surface area (Å²) in [7, 11) is 1.60. The van der Waals surface area contributed by atoms with E-state index in [0.717, 1.165) is 16.7 Å². The number of aryl methyl sites for hydroxylation is 1. The van der Waals surface area contributed by atoms with Crippen molar-refractivity contribution in [3.63, 3.8) is 0 Å². The van der Waals surface area contributed by atoms with Gasteiger partial charge in [0.05, 0.1) is 7.11 Å². The molecule has 3 aromatic rings. The third-order valence-electron chi connectivity index (χ3n) is 5.63. The van der Waals surface area contributed by atoms with E-state index in [1.165, 1.54) is 0 Å². The zero-order valence-electron chi connectivity index (χ0n) is 20.9. The van der Waals surface area contributed by atoms with Gasteiger partial charge in [0.15, 0.2) is 6.61 Å². The predicted octanol–water partition coefficient (Wildman–Crippen LogP) is 4.55. The number of carbonyl (C=O) groups excluding carboxylic acids is 2. The highest BCUT2D eigenvalue weighted by Crippen LogP contribution is 2.20. The van der Waals surface area contributed by atoms with Crippen LogP contribution in [0.3, 0.4) is 0 Å². The molecule has 0 aliphatic rings. The smallest absolute Gasteiger partial charge is 0.261 e. The van der Waals surface area contributed by atoms with Gasteiger partial charge < -0.3 is 19.7 Å². The quantitative estimate of drug-likeness (QED) is 0.443. The Bertz CT molecular complexity index is 1110. The molecule has 0 fully saturated rings. The summed E-state index contributed by atoms with van der Waals surface area (Å²) in [6.07, 6.45) is 0.388. The Balaban J connectivity index is 1.93. The van der Waals surface area contributed by atoms with Crippen LogP contribution in [0.25, 0.3) is 0 Å². The molecule has 3 rings (SSSR count). The van der Waals surface area contributed by atoms with Crippen molar-refractivity contribution >= 4 is 11.8 Å². The molecule has 0 aromatic heterocycles. The summed E-state index contributed by atoms with van der Waals surface area (Å²) in [5, 5.41) is 2.99. The highest BCUT2D eigenvalue weighted by molar-refractivity contribution is 5.88. The second kappa shape index (κ2) is 12.6. The zero-order valence-corrected chi connectivity index (χ0v) is 20.9. The van der Waals surface area contributed by atoms with Crippen LogP contribution in [0, 0.1) is 6.92 Å². The Morgan fingerprint density at radius 2 is 1.60 bits per heavy atom. The van der Waals surface area contributed by atoms with Crippen LogP contribution in [-0.4, -0.2) is 42.5 Å². The second-order valence-electron chi connectivity index (χ2n) is 8.80. The lowest BCUT2D eigenvalue weighted by Crippen LogP contribution is -2.52. The van der Waals surface area contributed by atoms with E-state index in [0.29, 0.717) is 17.9 Å². The number of para-hydroxylation sites is 1. The maximum absolute atomic E-state index is 13.6. The summed E-state index contributed by atoms with van der Waals surface area (Å²) in [5.41, 5.74) is 2.78. The van der Waals surface area contributed by atoms with Crippen molar-refractivity contribution < 1.29 is 19.1 Å². The van der Waals surface area contributed by atoms with E-state index in [-0.39, 0.29) is 31.0 Å². The van der Waals surface area contributed by atoms with Crippen LogP contribution in [-0.2, 0) is 22.6 Å². The molecule has 184 valence electrons. The fourth-order valence-corrected chi connectivity index (χ4v) is 3.84. The minimum absolute atomic E-state index is 0.0576. The van der Waals surface area contributed by atoms with Gasteiger partial charge in [-0.2, -0.15) is 0 Å². The molecular formula is C29H34N2O4. The molecule has 1 unspecified atom stereocenters. The standard InChI is InChI=1S/C29H34N2O4/c1-21(2)30-29(33)26(18-23-12-6-5-7-13-23)31(19-24-14-10-15-25(17-24)34-4)28(32)20-35-27-16-9-8-11-22(27)3/h5-17,21,26H,18-20H2,1-4H3,(H,30,33). The predicted molar refractivity (Wildman–Crippen MR) is 137 cm³/mol. The molecule has 0 saturated heterocycles. The number of hydrogen-bond acceptors (Lipinski definition) is 4. The van der Waals surface area contributed by atoms with Gasteiger partial charge in [-0.05, 0) is 55.7 Å². The third-order valence-corrected chi connectivity index (χ3v) is 5.63. The average Bonchev–Trinajstić information content (AvgIpc) is 2.85. The van der Waals surface area contributed by atoms with Crippen LogP contribution in [0.2, 0.25) is 0 Å². The van der Waals surface area contributed by atoms with Crippen LogP contribution < -0.4 is 14.8 Å². The van der Waals surface area contributed by atoms with E-state index in [2.05, 4.69) is 5.32 Å². The molecule has 2 amide bonds. The summed E-state index contributed by atoms with van der Waals surface area (Å²) >= 11 is 0. The fourth-order valence-electron chi connectivity index (χ4n) is 3.84. The number of amides is 2. The topological polar surface area (TPSA) is 67.9 Å². The van der Waals surface area contributed by atoms with Gasteiger partial charge in [-0.1, -0.05) is 60.7 Å². The molecule has 1 atom stereocenters. The molecule has 6 heteroatoms. The highest BCUT2D eigenvalue weighted by Gasteiger charge is 2.31. The summed E-state index contributed by atoms with van der Waals surface area (Å²) in [4.78, 5) is 28.6. The van der Waals surface area contributed by atoms with Crippen LogP contribution in [0.5, 0.6) is 11.5 Å². The lowest BCUT2D eigenvalue weighted by atomic mass is 10.0. The van der Waals surface area contributed by atoms with Gasteiger partial charge in [-0.25, -0.2) is 0 Å². The number of carbonyl (C=O) groups is 2. The van der Waals surface area contributed by atoms with Crippen LogP contribution in [0.15, 0.2) is 78.9 Å². The Hall–Kier alpha value is -3.80. The third kappa shape index (κ3) is 7.60. The van der Waals surface area contributed by atoms with E-state index in [1.807, 2.05) is 99.6 Å². The van der Waals surface area contributed by atoms with Gasteiger partial charge in [0.1, 0.15) is 17.5 Å². The number of rotatable bonds is 11. The van der Waals surface area contributed by atoms with E-state index >= 15 is 0 Å². The van der Waals surface area contributed by atoms with Crippen molar-refractivity contribution in [3.05, 3.63) is 95.6 Å². The number of methoxy groups -OCH3 is 1. The molecule has 0 aliphatic carbocycles. The van der Waals surface area contributed by atoms with E-state index in [9.17, 15) is 9.59 Å². The summed E-state index contributed by atoms with van der Waals surface area (Å²) < 4.78 is 11.2. The molecular weight excluding hydrogens is 440 g/mol. The average molecular weight is 475 g/mol. The summed E-state index contributed by atoms with van der Waals surface area (Å²) in [5.74, 6) is 0.873. The molecule has 0 aliphatic heterocycles. The van der Waals surface area contributed by atoms with Gasteiger partial charge in [-0.3, -0.25) is 9.59 Å². The van der Waals surface area contributed by atoms with Crippen LogP contribution in [0.4, 0.5) is 0 Å². The van der Waals surface area contributed by atoms with Gasteiger partial charge in [-0.15, -0.1) is 0 Å². The largest absolute Gasteiger partial charge is 0.497 e. The van der Waals surface area contributed by atoms with Crippen molar-refractivity contribution in [1.29, 1.82) is 0 Å². The van der Waals surface area contributed by atoms with E-state index in [1.54, 1.807) is 12.0 Å². The zero-order chi connectivity index (χ0) is 25.2. The number of benzene rings is 3. The number of hydrogen-bond donors (Lipinski definition) is 1. The van der Waals surface area contributed by atoms with Crippen LogP contribution in [0.1, 0.15) is 30.5 Å². The van der Waals surface area contributed by atoms with Crippen molar-refractivity contribution in [2.24, 2.45) is 0 Å². The molecule has 6 nitrogen and oxygen atoms in total. The van der Waals surface area contributed by atoms with Gasteiger partial charge in [0.2, 0.25) is 5.91 Å². The first-order valence-electron chi connectivity index (χ1n) is 11.8. The first-order chi connectivity index (χ1) is 16.9. The lowest BCUT2D eigenvalue weighted by Gasteiger charge is -2.32. The first-order valence-corrected chi connectivity index (χ1v) is 11.8. The number of nitrogens with one attached hydrogen (secondary N) is 1. The monoisotopic (exact) mass is 474 g/mol. The Morgan fingerprint density at radius 1 is 0.914 bits per heavy atom. The maximum Gasteiger partial charge on any atom is 0.261 e. The molecule has 35 heavy (non-hydrogen) atoms. The number of nitrogens with zero attached hydrogens (tertiary/aromatic N) is 1. The minimum Gasteiger partial charge on any atom is -0.497 e. The Labute approximate surface area is 207 Å². The van der Waals surface area contributed by atoms with E-state index in [4.69, 9.17) is 9.47 Å². The van der Waals surface area contributed by atoms with Crippen molar-refractivity contribution in [1.82, 2.24) is 10.2 Å². The van der Waals surface area contributed by atoms with Gasteiger partial charge in [0.25, 0.3) is 5.91 Å². The lowest BCUT2D eigenvalue weighted by molar-refractivity contribution is -0.143. The Morgan fingerprint density at radius 3 is 2.29 bits per heavy atom. The van der Waals surface area contributed by atoms with Crippen molar-refractivity contribution in [2.45, 2.75) is 45.8 Å². The molecule has 0 saturated carbocycles. The molecule has 3 aromatic carbocycles. The van der Waals surface area contributed by atoms with E-state index < -0.39 is 6.04 Å². The van der Waals surface area contributed by atoms with Crippen molar-refractivity contribution in [2.75, 3.05) is 13.7 Å². The maximum atomic E-state index is 13.6. The molecule has 0 bridgehead atoms. The normalized spacial score (nSPS) is 11.6. The highest BCUT2D eigenvalue weighted by atomic mass is 16.5. The molecule has 0 spiro atoms. The first kappa shape index (κ1) is 25.8. The Kier molecular flexibility index (Phi) is 9.30. The number of ether oxygens (including phenoxy) is 2. The fraction of sp³-hybridized carbons (Fsp3) is 0.310. The van der Waals surface area contributed by atoms with Gasteiger partial charge in [0, 0.05) is 19.0 Å². The van der Waals surface area contributed by atoms with Crippen molar-refractivity contribution in [3.8, 4) is 11.5 Å². The van der Waals surface area contributed by atoms with Crippen LogP contribution >= 0.6 is 0 Å². The summed E-state index contributed by atoms with van der Waals surface area (Å²) in [6.45, 7) is 5.83. The van der Waals surface area contributed by atoms with Gasteiger partial charge >= 0.3 is 0 Å². The summed E-state index contributed by atoms with van der Waals surface area (Å²) in [6, 6.07) is 24.0. The molecule has 1 N–H and O–H groups in total. The molecule has 0 heterocycles.